The van der Waals surface area contributed by atoms with E-state index in [2.05, 4.69) is 10.2 Å². The van der Waals surface area contributed by atoms with Crippen LogP contribution in [0.25, 0.3) is 0 Å². The topological polar surface area (TPSA) is 37.9 Å². The number of nitrogens with one attached hydrogen (secondary N) is 1. The molecule has 0 amide bonds. The summed E-state index contributed by atoms with van der Waals surface area (Å²) in [5.41, 5.74) is 1.14. The third kappa shape index (κ3) is 4.41. The van der Waals surface area contributed by atoms with Crippen LogP contribution in [0.5, 0.6) is 5.75 Å². The summed E-state index contributed by atoms with van der Waals surface area (Å²) < 4.78 is 18.1. The minimum absolute atomic E-state index is 0.238. The summed E-state index contributed by atoms with van der Waals surface area (Å²) >= 11 is 1.84. The minimum Gasteiger partial charge on any atom is -0.494 e. The molecule has 0 saturated carbocycles. The Morgan fingerprint density at radius 2 is 2.06 bits per heavy atom. The van der Waals surface area contributed by atoms with Crippen LogP contribution in [0, 0.1) is 5.82 Å². The molecule has 2 rings (SSSR count). The smallest absolute Gasteiger partial charge is 0.123 e. The highest BCUT2D eigenvalue weighted by Crippen LogP contribution is 2.13. The number of hydrogen-bond acceptors (Lipinski definition) is 3. The van der Waals surface area contributed by atoms with Crippen LogP contribution >= 0.6 is 11.8 Å². The second-order valence-electron chi connectivity index (χ2n) is 3.79. The van der Waals surface area contributed by atoms with Crippen molar-refractivity contribution in [2.45, 2.75) is 12.2 Å². The highest BCUT2D eigenvalue weighted by atomic mass is 32.2. The van der Waals surface area contributed by atoms with Crippen molar-refractivity contribution in [2.24, 2.45) is 0 Å². The van der Waals surface area contributed by atoms with Gasteiger partial charge in [-0.3, -0.25) is 5.10 Å². The molecular weight excluding hydrogens is 251 g/mol. The van der Waals surface area contributed by atoms with E-state index < -0.39 is 0 Å². The summed E-state index contributed by atoms with van der Waals surface area (Å²) in [6.07, 6.45) is 2.73. The summed E-state index contributed by atoms with van der Waals surface area (Å²) in [7, 11) is 0. The van der Waals surface area contributed by atoms with Gasteiger partial charge in [-0.25, -0.2) is 4.39 Å². The maximum absolute atomic E-state index is 12.6. The van der Waals surface area contributed by atoms with Crippen LogP contribution in [0.3, 0.4) is 0 Å². The van der Waals surface area contributed by atoms with E-state index in [4.69, 9.17) is 4.74 Å². The van der Waals surface area contributed by atoms with Crippen LogP contribution in [-0.2, 0) is 5.75 Å². The Kier molecular flexibility index (Phi) is 5.08. The number of aromatic nitrogens is 2. The normalized spacial score (nSPS) is 10.5. The number of benzene rings is 1. The fourth-order valence-corrected chi connectivity index (χ4v) is 2.28. The Hall–Kier alpha value is -1.49. The second kappa shape index (κ2) is 7.06. The number of nitrogens with zero attached hydrogens (tertiary/aromatic N) is 1. The minimum atomic E-state index is -0.238. The molecule has 0 aliphatic rings. The maximum atomic E-state index is 12.6. The van der Waals surface area contributed by atoms with E-state index >= 15 is 0 Å². The quantitative estimate of drug-likeness (QED) is 0.782. The van der Waals surface area contributed by atoms with Gasteiger partial charge >= 0.3 is 0 Å². The first-order valence-corrected chi connectivity index (χ1v) is 6.94. The zero-order valence-corrected chi connectivity index (χ0v) is 10.8. The van der Waals surface area contributed by atoms with E-state index in [-0.39, 0.29) is 5.82 Å². The molecule has 0 fully saturated rings. The van der Waals surface area contributed by atoms with Crippen molar-refractivity contribution in [1.29, 1.82) is 0 Å². The molecule has 0 bridgehead atoms. The molecule has 0 unspecified atom stereocenters. The van der Waals surface area contributed by atoms with Gasteiger partial charge < -0.3 is 4.74 Å². The zero-order valence-electron chi connectivity index (χ0n) is 9.93. The second-order valence-corrected chi connectivity index (χ2v) is 4.90. The van der Waals surface area contributed by atoms with E-state index in [9.17, 15) is 4.39 Å². The molecule has 0 aliphatic heterocycles. The number of ether oxygens (including phenoxy) is 1. The Balaban J connectivity index is 1.55. The van der Waals surface area contributed by atoms with Crippen LogP contribution in [0.4, 0.5) is 4.39 Å². The van der Waals surface area contributed by atoms with Crippen molar-refractivity contribution in [3.8, 4) is 5.75 Å². The van der Waals surface area contributed by atoms with Crippen molar-refractivity contribution in [2.75, 3.05) is 12.4 Å². The van der Waals surface area contributed by atoms with Gasteiger partial charge in [0.05, 0.1) is 6.61 Å². The molecule has 0 saturated heterocycles. The van der Waals surface area contributed by atoms with Crippen molar-refractivity contribution in [3.63, 3.8) is 0 Å². The third-order valence-corrected chi connectivity index (χ3v) is 3.42. The lowest BCUT2D eigenvalue weighted by Gasteiger charge is -2.05. The number of hydrogen-bond donors (Lipinski definition) is 1. The van der Waals surface area contributed by atoms with Gasteiger partial charge in [-0.1, -0.05) is 0 Å². The molecule has 0 atom stereocenters. The summed E-state index contributed by atoms with van der Waals surface area (Å²) in [6.45, 7) is 0.654. The Morgan fingerprint density at radius 3 is 2.78 bits per heavy atom. The Morgan fingerprint density at radius 1 is 1.22 bits per heavy atom. The fraction of sp³-hybridized carbons (Fsp3) is 0.308. The summed E-state index contributed by atoms with van der Waals surface area (Å²) in [5.74, 6) is 2.45. The van der Waals surface area contributed by atoms with Gasteiger partial charge in [-0.15, -0.1) is 0 Å². The first kappa shape index (κ1) is 13.0. The van der Waals surface area contributed by atoms with Crippen LogP contribution in [0.15, 0.2) is 36.5 Å². The SMILES string of the molecule is Fc1ccc(OCCCSCc2ccn[nH]2)cc1. The van der Waals surface area contributed by atoms with E-state index in [1.165, 1.54) is 12.1 Å². The molecule has 2 aromatic rings. The lowest BCUT2D eigenvalue weighted by atomic mass is 10.3. The number of rotatable bonds is 7. The lowest BCUT2D eigenvalue weighted by Crippen LogP contribution is -1.99. The summed E-state index contributed by atoms with van der Waals surface area (Å²) in [5, 5.41) is 6.81. The molecule has 0 radical (unpaired) electrons. The van der Waals surface area contributed by atoms with E-state index in [0.29, 0.717) is 6.61 Å². The average Bonchev–Trinajstić information content (AvgIpc) is 2.89. The third-order valence-electron chi connectivity index (χ3n) is 2.33. The number of thioether (sulfide) groups is 1. The molecule has 1 aromatic carbocycles. The number of H-pyrrole nitrogens is 1. The van der Waals surface area contributed by atoms with Gasteiger partial charge in [0.1, 0.15) is 11.6 Å². The molecule has 18 heavy (non-hydrogen) atoms. The molecule has 1 N–H and O–H groups in total. The fourth-order valence-electron chi connectivity index (χ4n) is 1.43. The molecule has 3 nitrogen and oxygen atoms in total. The number of aromatic amines is 1. The van der Waals surface area contributed by atoms with Gasteiger partial charge in [-0.05, 0) is 42.5 Å². The van der Waals surface area contributed by atoms with E-state index in [1.54, 1.807) is 18.3 Å². The maximum Gasteiger partial charge on any atom is 0.123 e. The highest BCUT2D eigenvalue weighted by Gasteiger charge is 1.96. The van der Waals surface area contributed by atoms with Crippen molar-refractivity contribution in [3.05, 3.63) is 48.0 Å². The highest BCUT2D eigenvalue weighted by molar-refractivity contribution is 7.98. The predicted octanol–water partition coefficient (Wildman–Crippen LogP) is 3.25. The van der Waals surface area contributed by atoms with Gasteiger partial charge in [0.15, 0.2) is 0 Å². The van der Waals surface area contributed by atoms with Gasteiger partial charge in [0, 0.05) is 17.6 Å². The largest absolute Gasteiger partial charge is 0.494 e. The van der Waals surface area contributed by atoms with Gasteiger partial charge in [0.25, 0.3) is 0 Å². The molecule has 5 heteroatoms. The van der Waals surface area contributed by atoms with Gasteiger partial charge in [0.2, 0.25) is 0 Å². The molecule has 1 heterocycles. The van der Waals surface area contributed by atoms with Crippen molar-refractivity contribution in [1.82, 2.24) is 10.2 Å². The van der Waals surface area contributed by atoms with Gasteiger partial charge in [-0.2, -0.15) is 16.9 Å². The van der Waals surface area contributed by atoms with Crippen molar-refractivity contribution >= 4 is 11.8 Å². The van der Waals surface area contributed by atoms with Crippen LogP contribution < -0.4 is 4.74 Å². The van der Waals surface area contributed by atoms with Crippen molar-refractivity contribution < 1.29 is 9.13 Å². The summed E-state index contributed by atoms with van der Waals surface area (Å²) in [6, 6.07) is 8.08. The molecule has 0 spiro atoms. The average molecular weight is 266 g/mol. The Labute approximate surface area is 110 Å². The lowest BCUT2D eigenvalue weighted by molar-refractivity contribution is 0.318. The predicted molar refractivity (Wildman–Crippen MR) is 71.3 cm³/mol. The molecule has 1 aromatic heterocycles. The Bertz CT molecular complexity index is 445. The number of halogens is 1. The van der Waals surface area contributed by atoms with Crippen LogP contribution in [0.1, 0.15) is 12.1 Å². The summed E-state index contributed by atoms with van der Waals surface area (Å²) in [4.78, 5) is 0. The zero-order chi connectivity index (χ0) is 12.6. The molecule has 0 aliphatic carbocycles. The first-order valence-electron chi connectivity index (χ1n) is 5.79. The molecule has 96 valence electrons. The van der Waals surface area contributed by atoms with E-state index in [1.807, 2.05) is 17.8 Å². The monoisotopic (exact) mass is 266 g/mol. The van der Waals surface area contributed by atoms with Crippen LogP contribution in [-0.4, -0.2) is 22.6 Å². The molecular formula is C13H15FN2OS. The van der Waals surface area contributed by atoms with Crippen LogP contribution in [0.2, 0.25) is 0 Å². The first-order chi connectivity index (χ1) is 8.84. The van der Waals surface area contributed by atoms with E-state index in [0.717, 1.165) is 29.4 Å². The standard InChI is InChI=1S/C13H15FN2OS/c14-11-2-4-13(5-3-11)17-8-1-9-18-10-12-6-7-15-16-12/h2-7H,1,8-10H2,(H,15,16).